The molecule has 1 aliphatic heterocycles. The van der Waals surface area contributed by atoms with Gasteiger partial charge < -0.3 is 10.6 Å². The minimum atomic E-state index is -0.668. The van der Waals surface area contributed by atoms with E-state index in [-0.39, 0.29) is 11.6 Å². The highest BCUT2D eigenvalue weighted by Crippen LogP contribution is 2.32. The van der Waals surface area contributed by atoms with Crippen molar-refractivity contribution in [2.24, 2.45) is 5.73 Å². The Morgan fingerprint density at radius 3 is 2.65 bits per heavy atom. The summed E-state index contributed by atoms with van der Waals surface area (Å²) in [5.74, 6) is -0.883. The molecule has 1 aliphatic rings. The molecular weight excluding hydrogens is 426 g/mol. The van der Waals surface area contributed by atoms with Gasteiger partial charge >= 0.3 is 0 Å². The molecule has 0 fully saturated rings. The molecule has 4 aromatic rings. The molecule has 2 N–H and O–H groups in total. The maximum absolute atomic E-state index is 13.9. The number of rotatable bonds is 4. The number of primary amides is 1. The lowest BCUT2D eigenvalue weighted by Gasteiger charge is -2.25. The van der Waals surface area contributed by atoms with Crippen molar-refractivity contribution in [3.63, 3.8) is 0 Å². The highest BCUT2D eigenvalue weighted by atomic mass is 16.2. The molecule has 2 aromatic carbocycles. The zero-order chi connectivity index (χ0) is 24.0. The average Bonchev–Trinajstić information content (AvgIpc) is 3.07. The number of aryl methyl sites for hydroxylation is 2. The zero-order valence-corrected chi connectivity index (χ0v) is 19.4. The molecule has 2 aromatic heterocycles. The summed E-state index contributed by atoms with van der Waals surface area (Å²) in [6.07, 6.45) is 3.95. The predicted octanol–water partition coefficient (Wildman–Crippen LogP) is 4.18. The van der Waals surface area contributed by atoms with Crippen LogP contribution >= 0.6 is 0 Å². The van der Waals surface area contributed by atoms with Crippen LogP contribution in [-0.2, 0) is 6.54 Å². The summed E-state index contributed by atoms with van der Waals surface area (Å²) in [5, 5.41) is 5.46. The standard InChI is InChI=1S/C27H25N5O2/c1-16-7-4-8-19(13-16)15-32-18(3)25(17(2)30-32)31-12-6-10-20-9-5-11-22-24(20)21(27(31)34)14-23(29-22)26(28)33/h4-11,13-14H,12,15H2,1-3H3,(H2,28,33)/b10-6+. The maximum atomic E-state index is 13.9. The molecule has 0 bridgehead atoms. The fourth-order valence-electron chi connectivity index (χ4n) is 4.67. The van der Waals surface area contributed by atoms with Gasteiger partial charge in [0.2, 0.25) is 0 Å². The van der Waals surface area contributed by atoms with Crippen LogP contribution in [0, 0.1) is 20.8 Å². The van der Waals surface area contributed by atoms with Crippen LogP contribution in [0.1, 0.15) is 48.9 Å². The van der Waals surface area contributed by atoms with Crippen molar-refractivity contribution in [3.05, 3.63) is 93.9 Å². The first-order chi connectivity index (χ1) is 16.3. The minimum Gasteiger partial charge on any atom is -0.364 e. The van der Waals surface area contributed by atoms with Crippen LogP contribution in [0.15, 0.2) is 54.6 Å². The fourth-order valence-corrected chi connectivity index (χ4v) is 4.67. The van der Waals surface area contributed by atoms with Gasteiger partial charge in [-0.1, -0.05) is 54.1 Å². The Hall–Kier alpha value is -4.26. The van der Waals surface area contributed by atoms with Crippen molar-refractivity contribution >= 4 is 34.5 Å². The normalized spacial score (nSPS) is 14.2. The average molecular weight is 452 g/mol. The van der Waals surface area contributed by atoms with Gasteiger partial charge in [-0.25, -0.2) is 4.98 Å². The van der Waals surface area contributed by atoms with Crippen LogP contribution in [0.4, 0.5) is 5.69 Å². The highest BCUT2D eigenvalue weighted by molar-refractivity contribution is 6.17. The molecule has 7 nitrogen and oxygen atoms in total. The second-order valence-electron chi connectivity index (χ2n) is 8.64. The second kappa shape index (κ2) is 8.26. The Bertz CT molecular complexity index is 1500. The van der Waals surface area contributed by atoms with Gasteiger partial charge in [-0.05, 0) is 44.0 Å². The predicted molar refractivity (Wildman–Crippen MR) is 133 cm³/mol. The highest BCUT2D eigenvalue weighted by Gasteiger charge is 2.28. The van der Waals surface area contributed by atoms with E-state index in [4.69, 9.17) is 10.8 Å². The Kier molecular flexibility index (Phi) is 5.24. The van der Waals surface area contributed by atoms with Crippen molar-refractivity contribution in [2.45, 2.75) is 27.3 Å². The smallest absolute Gasteiger partial charge is 0.267 e. The molecular formula is C27H25N5O2. The lowest BCUT2D eigenvalue weighted by molar-refractivity contribution is 0.0990. The van der Waals surface area contributed by atoms with E-state index in [0.29, 0.717) is 29.6 Å². The van der Waals surface area contributed by atoms with E-state index in [1.54, 1.807) is 11.0 Å². The van der Waals surface area contributed by atoms with Crippen molar-refractivity contribution in [1.82, 2.24) is 14.8 Å². The Balaban J connectivity index is 1.63. The third-order valence-electron chi connectivity index (χ3n) is 6.21. The van der Waals surface area contributed by atoms with E-state index >= 15 is 0 Å². The number of amides is 2. The third-order valence-corrected chi connectivity index (χ3v) is 6.21. The molecule has 0 spiro atoms. The first-order valence-electron chi connectivity index (χ1n) is 11.1. The number of pyridine rings is 1. The molecule has 0 aliphatic carbocycles. The summed E-state index contributed by atoms with van der Waals surface area (Å²) in [4.78, 5) is 32.0. The summed E-state index contributed by atoms with van der Waals surface area (Å²) in [6, 6.07) is 15.4. The van der Waals surface area contributed by atoms with E-state index in [9.17, 15) is 9.59 Å². The number of carbonyl (C=O) groups excluding carboxylic acids is 2. The molecule has 34 heavy (non-hydrogen) atoms. The van der Waals surface area contributed by atoms with Gasteiger partial charge in [0.05, 0.1) is 34.7 Å². The Morgan fingerprint density at radius 1 is 1.09 bits per heavy atom. The molecule has 170 valence electrons. The van der Waals surface area contributed by atoms with Gasteiger partial charge in [0.25, 0.3) is 11.8 Å². The molecule has 0 radical (unpaired) electrons. The number of hydrogen-bond acceptors (Lipinski definition) is 4. The fraction of sp³-hybridized carbons (Fsp3) is 0.185. The summed E-state index contributed by atoms with van der Waals surface area (Å²) in [7, 11) is 0. The lowest BCUT2D eigenvalue weighted by atomic mass is 9.98. The number of aromatic nitrogens is 3. The van der Waals surface area contributed by atoms with Crippen molar-refractivity contribution in [1.29, 1.82) is 0 Å². The van der Waals surface area contributed by atoms with Gasteiger partial charge in [-0.2, -0.15) is 5.10 Å². The molecule has 3 heterocycles. The number of carbonyl (C=O) groups is 2. The van der Waals surface area contributed by atoms with Gasteiger partial charge in [0, 0.05) is 11.9 Å². The van der Waals surface area contributed by atoms with Gasteiger partial charge in [-0.3, -0.25) is 14.3 Å². The van der Waals surface area contributed by atoms with E-state index in [1.807, 2.05) is 48.9 Å². The number of benzene rings is 2. The SMILES string of the molecule is Cc1cccc(Cn2nc(C)c(N3C/C=C/c4cccc5nc(C(N)=O)cc(c45)C3=O)c2C)c1. The van der Waals surface area contributed by atoms with Crippen molar-refractivity contribution < 1.29 is 9.59 Å². The molecule has 0 saturated carbocycles. The maximum Gasteiger partial charge on any atom is 0.267 e. The number of hydrogen-bond donors (Lipinski definition) is 1. The van der Waals surface area contributed by atoms with Crippen LogP contribution < -0.4 is 10.6 Å². The van der Waals surface area contributed by atoms with Crippen LogP contribution in [0.3, 0.4) is 0 Å². The van der Waals surface area contributed by atoms with E-state index in [1.165, 1.54) is 11.6 Å². The first kappa shape index (κ1) is 21.6. The molecule has 5 rings (SSSR count). The van der Waals surface area contributed by atoms with Crippen LogP contribution in [0.5, 0.6) is 0 Å². The van der Waals surface area contributed by atoms with Crippen LogP contribution in [0.25, 0.3) is 17.0 Å². The Labute approximate surface area is 197 Å². The van der Waals surface area contributed by atoms with Crippen molar-refractivity contribution in [2.75, 3.05) is 11.4 Å². The quantitative estimate of drug-likeness (QED) is 0.504. The second-order valence-corrected chi connectivity index (χ2v) is 8.64. The summed E-state index contributed by atoms with van der Waals surface area (Å²) in [6.45, 7) is 6.94. The number of nitrogens with two attached hydrogens (primary N) is 1. The molecule has 0 atom stereocenters. The minimum absolute atomic E-state index is 0.0705. The lowest BCUT2D eigenvalue weighted by Crippen LogP contribution is -2.33. The largest absolute Gasteiger partial charge is 0.364 e. The van der Waals surface area contributed by atoms with E-state index in [0.717, 1.165) is 28.2 Å². The van der Waals surface area contributed by atoms with Gasteiger partial charge in [-0.15, -0.1) is 0 Å². The van der Waals surface area contributed by atoms with Crippen LogP contribution in [-0.4, -0.2) is 33.1 Å². The third kappa shape index (κ3) is 3.65. The van der Waals surface area contributed by atoms with E-state index < -0.39 is 5.91 Å². The zero-order valence-electron chi connectivity index (χ0n) is 19.4. The van der Waals surface area contributed by atoms with Gasteiger partial charge in [0.1, 0.15) is 5.69 Å². The summed E-state index contributed by atoms with van der Waals surface area (Å²) in [5.41, 5.74) is 12.2. The van der Waals surface area contributed by atoms with Crippen LogP contribution in [0.2, 0.25) is 0 Å². The number of anilines is 1. The molecule has 0 unspecified atom stereocenters. The molecule has 2 amide bonds. The summed E-state index contributed by atoms with van der Waals surface area (Å²) >= 11 is 0. The number of nitrogens with zero attached hydrogens (tertiary/aromatic N) is 4. The topological polar surface area (TPSA) is 94.1 Å². The summed E-state index contributed by atoms with van der Waals surface area (Å²) < 4.78 is 1.93. The Morgan fingerprint density at radius 2 is 1.88 bits per heavy atom. The van der Waals surface area contributed by atoms with E-state index in [2.05, 4.69) is 30.1 Å². The monoisotopic (exact) mass is 451 g/mol. The van der Waals surface area contributed by atoms with Gasteiger partial charge in [0.15, 0.2) is 0 Å². The molecule has 0 saturated heterocycles. The molecule has 7 heteroatoms. The first-order valence-corrected chi connectivity index (χ1v) is 11.1. The van der Waals surface area contributed by atoms with Crippen molar-refractivity contribution in [3.8, 4) is 0 Å².